The molecule has 0 bridgehead atoms. The third-order valence-electron chi connectivity index (χ3n) is 2.74. The first-order valence-corrected chi connectivity index (χ1v) is 6.08. The van der Waals surface area contributed by atoms with Crippen LogP contribution in [-0.4, -0.2) is 25.2 Å². The lowest BCUT2D eigenvalue weighted by atomic mass is 9.92. The summed E-state index contributed by atoms with van der Waals surface area (Å²) in [6.45, 7) is 5.99. The summed E-state index contributed by atoms with van der Waals surface area (Å²) in [5.41, 5.74) is 0.250. The summed E-state index contributed by atoms with van der Waals surface area (Å²) in [7, 11) is 1.39. The van der Waals surface area contributed by atoms with E-state index in [1.165, 1.54) is 7.11 Å². The van der Waals surface area contributed by atoms with E-state index in [9.17, 15) is 4.79 Å². The van der Waals surface area contributed by atoms with E-state index in [1.54, 1.807) is 6.08 Å². The second-order valence-electron chi connectivity index (χ2n) is 4.30. The summed E-state index contributed by atoms with van der Waals surface area (Å²) >= 11 is 5.84. The molecule has 0 radical (unpaired) electrons. The topological polar surface area (TPSA) is 38.3 Å². The highest BCUT2D eigenvalue weighted by Crippen LogP contribution is 2.17. The van der Waals surface area contributed by atoms with Gasteiger partial charge in [0.1, 0.15) is 5.54 Å². The van der Waals surface area contributed by atoms with E-state index in [0.717, 1.165) is 5.56 Å². The molecule has 1 aromatic rings. The molecule has 3 nitrogen and oxygen atoms in total. The molecule has 18 heavy (non-hydrogen) atoms. The van der Waals surface area contributed by atoms with Gasteiger partial charge in [0.05, 0.1) is 7.11 Å². The van der Waals surface area contributed by atoms with E-state index in [0.29, 0.717) is 18.0 Å². The average molecular weight is 268 g/mol. The molecule has 0 heterocycles. The lowest BCUT2D eigenvalue weighted by Gasteiger charge is -2.27. The van der Waals surface area contributed by atoms with E-state index in [-0.39, 0.29) is 5.97 Å². The van der Waals surface area contributed by atoms with Crippen LogP contribution in [0.4, 0.5) is 0 Å². The van der Waals surface area contributed by atoms with Crippen molar-refractivity contribution >= 4 is 17.6 Å². The zero-order valence-electron chi connectivity index (χ0n) is 10.7. The molecule has 0 aliphatic carbocycles. The van der Waals surface area contributed by atoms with Crippen molar-refractivity contribution in [2.24, 2.45) is 0 Å². The fourth-order valence-corrected chi connectivity index (χ4v) is 1.87. The van der Waals surface area contributed by atoms with Gasteiger partial charge in [-0.25, -0.2) is 0 Å². The number of benzene rings is 1. The van der Waals surface area contributed by atoms with Gasteiger partial charge in [0.15, 0.2) is 0 Å². The Hall–Kier alpha value is -1.32. The van der Waals surface area contributed by atoms with E-state index in [1.807, 2.05) is 31.2 Å². The van der Waals surface area contributed by atoms with Crippen LogP contribution in [0.5, 0.6) is 0 Å². The number of nitrogens with one attached hydrogen (secondary N) is 1. The molecule has 1 aromatic carbocycles. The largest absolute Gasteiger partial charge is 0.468 e. The van der Waals surface area contributed by atoms with Gasteiger partial charge in [-0.2, -0.15) is 0 Å². The van der Waals surface area contributed by atoms with Crippen molar-refractivity contribution in [3.63, 3.8) is 0 Å². The fraction of sp³-hybridized carbons (Fsp3) is 0.357. The van der Waals surface area contributed by atoms with Crippen LogP contribution in [0.2, 0.25) is 5.02 Å². The predicted octanol–water partition coefficient (Wildman–Crippen LogP) is 2.59. The second-order valence-corrected chi connectivity index (χ2v) is 4.73. The maximum absolute atomic E-state index is 11.9. The summed E-state index contributed by atoms with van der Waals surface area (Å²) in [4.78, 5) is 11.9. The zero-order valence-corrected chi connectivity index (χ0v) is 11.5. The molecule has 0 saturated heterocycles. The molecule has 0 aliphatic rings. The van der Waals surface area contributed by atoms with Crippen molar-refractivity contribution in [2.75, 3.05) is 13.7 Å². The molecule has 0 saturated carbocycles. The first kappa shape index (κ1) is 14.7. The first-order valence-electron chi connectivity index (χ1n) is 5.70. The molecule has 1 atom stereocenters. The summed E-state index contributed by atoms with van der Waals surface area (Å²) in [6.07, 6.45) is 2.24. The van der Waals surface area contributed by atoms with Gasteiger partial charge in [0.2, 0.25) is 0 Å². The first-order chi connectivity index (χ1) is 8.51. The monoisotopic (exact) mass is 267 g/mol. The SMILES string of the molecule is C=CCNC(C)(Cc1ccc(Cl)cc1)C(=O)OC. The molecule has 1 rings (SSSR count). The Morgan fingerprint density at radius 3 is 2.61 bits per heavy atom. The van der Waals surface area contributed by atoms with Gasteiger partial charge in [-0.15, -0.1) is 6.58 Å². The predicted molar refractivity (Wildman–Crippen MR) is 73.8 cm³/mol. The number of esters is 1. The number of carbonyl (C=O) groups is 1. The van der Waals surface area contributed by atoms with Crippen molar-refractivity contribution in [1.82, 2.24) is 5.32 Å². The minimum atomic E-state index is -0.767. The second kappa shape index (κ2) is 6.57. The smallest absolute Gasteiger partial charge is 0.326 e. The quantitative estimate of drug-likeness (QED) is 0.636. The zero-order chi connectivity index (χ0) is 13.6. The molecule has 1 unspecified atom stereocenters. The number of methoxy groups -OCH3 is 1. The third kappa shape index (κ3) is 3.86. The van der Waals surface area contributed by atoms with Crippen molar-refractivity contribution in [2.45, 2.75) is 18.9 Å². The molecule has 0 amide bonds. The standard InChI is InChI=1S/C14H18ClNO2/c1-4-9-16-14(2,13(17)18-3)10-11-5-7-12(15)8-6-11/h4-8,16H,1,9-10H2,2-3H3. The number of hydrogen-bond donors (Lipinski definition) is 1. The normalized spacial score (nSPS) is 13.7. The molecule has 0 fully saturated rings. The van der Waals surface area contributed by atoms with Crippen LogP contribution in [0.1, 0.15) is 12.5 Å². The van der Waals surface area contributed by atoms with Crippen molar-refractivity contribution in [1.29, 1.82) is 0 Å². The summed E-state index contributed by atoms with van der Waals surface area (Å²) in [6, 6.07) is 7.42. The lowest BCUT2D eigenvalue weighted by Crippen LogP contribution is -2.52. The number of carbonyl (C=O) groups excluding carboxylic acids is 1. The van der Waals surface area contributed by atoms with Gasteiger partial charge >= 0.3 is 5.97 Å². The highest BCUT2D eigenvalue weighted by atomic mass is 35.5. The summed E-state index contributed by atoms with van der Waals surface area (Å²) in [5.74, 6) is -0.292. The molecular formula is C14H18ClNO2. The van der Waals surface area contributed by atoms with E-state index >= 15 is 0 Å². The average Bonchev–Trinajstić information content (AvgIpc) is 2.38. The van der Waals surface area contributed by atoms with Crippen LogP contribution >= 0.6 is 11.6 Å². The molecule has 4 heteroatoms. The van der Waals surface area contributed by atoms with Gasteiger partial charge in [-0.3, -0.25) is 10.1 Å². The number of ether oxygens (including phenoxy) is 1. The highest BCUT2D eigenvalue weighted by Gasteiger charge is 2.33. The number of hydrogen-bond acceptors (Lipinski definition) is 3. The fourth-order valence-electron chi connectivity index (χ4n) is 1.74. The van der Waals surface area contributed by atoms with Gasteiger partial charge in [0.25, 0.3) is 0 Å². The minimum Gasteiger partial charge on any atom is -0.468 e. The Morgan fingerprint density at radius 2 is 2.11 bits per heavy atom. The molecule has 0 spiro atoms. The maximum Gasteiger partial charge on any atom is 0.326 e. The Balaban J connectivity index is 2.86. The molecule has 0 aliphatic heterocycles. The van der Waals surface area contributed by atoms with Crippen LogP contribution in [0, 0.1) is 0 Å². The van der Waals surface area contributed by atoms with E-state index < -0.39 is 5.54 Å². The van der Waals surface area contributed by atoms with Crippen LogP contribution in [0.25, 0.3) is 0 Å². The molecule has 1 N–H and O–H groups in total. The Labute approximate surface area is 113 Å². The highest BCUT2D eigenvalue weighted by molar-refractivity contribution is 6.30. The Kier molecular flexibility index (Phi) is 5.38. The number of rotatable bonds is 6. The summed E-state index contributed by atoms with van der Waals surface area (Å²) < 4.78 is 4.85. The van der Waals surface area contributed by atoms with Crippen LogP contribution in [0.15, 0.2) is 36.9 Å². The van der Waals surface area contributed by atoms with Gasteiger partial charge in [-0.1, -0.05) is 29.8 Å². The lowest BCUT2D eigenvalue weighted by molar-refractivity contribution is -0.147. The van der Waals surface area contributed by atoms with Gasteiger partial charge < -0.3 is 4.74 Å². The third-order valence-corrected chi connectivity index (χ3v) is 3.00. The van der Waals surface area contributed by atoms with Crippen LogP contribution in [0.3, 0.4) is 0 Å². The summed E-state index contributed by atoms with van der Waals surface area (Å²) in [5, 5.41) is 3.81. The van der Waals surface area contributed by atoms with Crippen molar-refractivity contribution < 1.29 is 9.53 Å². The van der Waals surface area contributed by atoms with E-state index in [2.05, 4.69) is 11.9 Å². The Morgan fingerprint density at radius 1 is 1.50 bits per heavy atom. The molecular weight excluding hydrogens is 250 g/mol. The maximum atomic E-state index is 11.9. The minimum absolute atomic E-state index is 0.292. The van der Waals surface area contributed by atoms with Gasteiger partial charge in [-0.05, 0) is 24.6 Å². The van der Waals surface area contributed by atoms with Gasteiger partial charge in [0, 0.05) is 18.0 Å². The van der Waals surface area contributed by atoms with Crippen LogP contribution < -0.4 is 5.32 Å². The van der Waals surface area contributed by atoms with Crippen molar-refractivity contribution in [3.8, 4) is 0 Å². The van der Waals surface area contributed by atoms with E-state index in [4.69, 9.17) is 16.3 Å². The molecule has 0 aromatic heterocycles. The number of halogens is 1. The molecule has 98 valence electrons. The Bertz CT molecular complexity index is 416. The van der Waals surface area contributed by atoms with Crippen LogP contribution in [-0.2, 0) is 16.0 Å². The van der Waals surface area contributed by atoms with Crippen molar-refractivity contribution in [3.05, 3.63) is 47.5 Å².